The summed E-state index contributed by atoms with van der Waals surface area (Å²) < 4.78 is 1.60. The summed E-state index contributed by atoms with van der Waals surface area (Å²) in [5.74, 6) is -0.135. The lowest BCUT2D eigenvalue weighted by atomic mass is 9.93. The molecule has 0 aliphatic heterocycles. The molecule has 2 rings (SSSR count). The van der Waals surface area contributed by atoms with Crippen molar-refractivity contribution in [3.8, 4) is 5.75 Å². The van der Waals surface area contributed by atoms with Gasteiger partial charge in [-0.15, -0.1) is 0 Å². The first-order valence-corrected chi connectivity index (χ1v) is 9.30. The van der Waals surface area contributed by atoms with Gasteiger partial charge < -0.3 is 15.1 Å². The third kappa shape index (κ3) is 4.22. The molecule has 0 aromatic heterocycles. The number of hydrogen-bond donors (Lipinski definition) is 2. The van der Waals surface area contributed by atoms with Gasteiger partial charge in [0.25, 0.3) is 5.91 Å². The molecule has 0 heterocycles. The molecular formula is C15H19I2NO3. The Kier molecular flexibility index (Phi) is 6.54. The zero-order chi connectivity index (χ0) is 15.4. The highest BCUT2D eigenvalue weighted by Gasteiger charge is 2.28. The number of amides is 1. The lowest BCUT2D eigenvalue weighted by Crippen LogP contribution is -2.43. The average Bonchev–Trinajstić information content (AvgIpc) is 2.48. The van der Waals surface area contributed by atoms with Crippen molar-refractivity contribution in [1.29, 1.82) is 0 Å². The molecule has 0 atom stereocenters. The molecule has 1 aliphatic rings. The van der Waals surface area contributed by atoms with Gasteiger partial charge in [0.2, 0.25) is 0 Å². The molecular weight excluding hydrogens is 496 g/mol. The van der Waals surface area contributed by atoms with Gasteiger partial charge in [-0.25, -0.2) is 0 Å². The second kappa shape index (κ2) is 7.96. The minimum atomic E-state index is -0.176. The zero-order valence-electron chi connectivity index (χ0n) is 11.7. The smallest absolute Gasteiger partial charge is 0.258 e. The minimum absolute atomic E-state index is 0.0414. The van der Waals surface area contributed by atoms with Crippen molar-refractivity contribution in [3.63, 3.8) is 0 Å². The number of carbonyl (C=O) groups is 1. The van der Waals surface area contributed by atoms with Gasteiger partial charge in [-0.05, 0) is 70.2 Å². The van der Waals surface area contributed by atoms with Crippen LogP contribution in [-0.2, 0) is 0 Å². The molecule has 1 amide bonds. The standard InChI is InChI=1S/C15H19I2NO3/c16-10-8-12(14(20)13(17)9-10)15(21)18(6-7-19)11-4-2-1-3-5-11/h8-9,11,19-20H,1-7H2. The van der Waals surface area contributed by atoms with Crippen LogP contribution < -0.4 is 0 Å². The normalized spacial score (nSPS) is 16.0. The number of phenols is 1. The van der Waals surface area contributed by atoms with Crippen molar-refractivity contribution >= 4 is 51.1 Å². The predicted molar refractivity (Wildman–Crippen MR) is 98.5 cm³/mol. The number of aromatic hydroxyl groups is 1. The van der Waals surface area contributed by atoms with E-state index in [0.29, 0.717) is 15.7 Å². The Balaban J connectivity index is 2.29. The highest BCUT2D eigenvalue weighted by Crippen LogP contribution is 2.30. The van der Waals surface area contributed by atoms with Crippen molar-refractivity contribution in [1.82, 2.24) is 4.90 Å². The summed E-state index contributed by atoms with van der Waals surface area (Å²) in [4.78, 5) is 14.5. The van der Waals surface area contributed by atoms with Crippen LogP contribution in [0.15, 0.2) is 12.1 Å². The van der Waals surface area contributed by atoms with E-state index in [-0.39, 0.29) is 24.3 Å². The van der Waals surface area contributed by atoms with E-state index in [2.05, 4.69) is 22.6 Å². The van der Waals surface area contributed by atoms with Crippen LogP contribution in [0.5, 0.6) is 5.75 Å². The van der Waals surface area contributed by atoms with Crippen LogP contribution in [0.2, 0.25) is 0 Å². The molecule has 0 saturated heterocycles. The van der Waals surface area contributed by atoms with Crippen molar-refractivity contribution in [2.24, 2.45) is 0 Å². The van der Waals surface area contributed by atoms with Gasteiger partial charge in [0, 0.05) is 16.2 Å². The Morgan fingerprint density at radius 1 is 1.24 bits per heavy atom. The van der Waals surface area contributed by atoms with Crippen LogP contribution in [0.4, 0.5) is 0 Å². The molecule has 6 heteroatoms. The second-order valence-electron chi connectivity index (χ2n) is 5.30. The SMILES string of the molecule is O=C(c1cc(I)cc(I)c1O)N(CCO)C1CCCCC1. The molecule has 116 valence electrons. The van der Waals surface area contributed by atoms with E-state index >= 15 is 0 Å². The fraction of sp³-hybridized carbons (Fsp3) is 0.533. The molecule has 1 aromatic carbocycles. The fourth-order valence-electron chi connectivity index (χ4n) is 2.83. The maximum Gasteiger partial charge on any atom is 0.258 e. The van der Waals surface area contributed by atoms with Crippen LogP contribution in [0.1, 0.15) is 42.5 Å². The topological polar surface area (TPSA) is 60.8 Å². The number of hydrogen-bond acceptors (Lipinski definition) is 3. The maximum atomic E-state index is 12.8. The number of aliphatic hydroxyl groups excluding tert-OH is 1. The highest BCUT2D eigenvalue weighted by molar-refractivity contribution is 14.1. The summed E-state index contributed by atoms with van der Waals surface area (Å²) in [6.07, 6.45) is 5.41. The van der Waals surface area contributed by atoms with Crippen molar-refractivity contribution in [2.45, 2.75) is 38.1 Å². The molecule has 2 N–H and O–H groups in total. The molecule has 0 bridgehead atoms. The third-order valence-corrected chi connectivity index (χ3v) is 5.32. The summed E-state index contributed by atoms with van der Waals surface area (Å²) in [6, 6.07) is 3.73. The maximum absolute atomic E-state index is 12.8. The van der Waals surface area contributed by atoms with Gasteiger partial charge in [0.15, 0.2) is 0 Å². The average molecular weight is 515 g/mol. The first-order valence-electron chi connectivity index (χ1n) is 7.14. The van der Waals surface area contributed by atoms with Crippen molar-refractivity contribution in [2.75, 3.05) is 13.2 Å². The Bertz CT molecular complexity index is 516. The van der Waals surface area contributed by atoms with E-state index < -0.39 is 0 Å². The van der Waals surface area contributed by atoms with Gasteiger partial charge in [-0.3, -0.25) is 4.79 Å². The quantitative estimate of drug-likeness (QED) is 0.606. The summed E-state index contributed by atoms with van der Waals surface area (Å²) in [6.45, 7) is 0.273. The summed E-state index contributed by atoms with van der Waals surface area (Å²) >= 11 is 4.18. The van der Waals surface area contributed by atoms with E-state index in [1.165, 1.54) is 6.42 Å². The second-order valence-corrected chi connectivity index (χ2v) is 7.71. The number of halogens is 2. The van der Waals surface area contributed by atoms with Crippen LogP contribution in [0, 0.1) is 7.14 Å². The lowest BCUT2D eigenvalue weighted by molar-refractivity contribution is 0.0582. The number of phenolic OH excluding ortho intramolecular Hbond substituents is 1. The molecule has 1 fully saturated rings. The molecule has 0 unspecified atom stereocenters. The fourth-order valence-corrected chi connectivity index (χ4v) is 4.68. The van der Waals surface area contributed by atoms with Crippen LogP contribution in [-0.4, -0.2) is 40.2 Å². The molecule has 21 heavy (non-hydrogen) atoms. The Hall–Kier alpha value is -0.0900. The monoisotopic (exact) mass is 515 g/mol. The Morgan fingerprint density at radius 3 is 2.52 bits per heavy atom. The lowest BCUT2D eigenvalue weighted by Gasteiger charge is -2.34. The van der Waals surface area contributed by atoms with E-state index in [0.717, 1.165) is 29.3 Å². The summed E-state index contributed by atoms with van der Waals surface area (Å²) in [7, 11) is 0. The van der Waals surface area contributed by atoms with E-state index in [1.54, 1.807) is 11.0 Å². The minimum Gasteiger partial charge on any atom is -0.506 e. The Morgan fingerprint density at radius 2 is 1.90 bits per heavy atom. The molecule has 0 radical (unpaired) electrons. The van der Waals surface area contributed by atoms with Gasteiger partial charge in [0.05, 0.1) is 15.7 Å². The molecule has 1 aliphatic carbocycles. The molecule has 4 nitrogen and oxygen atoms in total. The number of aliphatic hydroxyl groups is 1. The van der Waals surface area contributed by atoms with Gasteiger partial charge >= 0.3 is 0 Å². The zero-order valence-corrected chi connectivity index (χ0v) is 16.0. The third-order valence-electron chi connectivity index (χ3n) is 3.88. The van der Waals surface area contributed by atoms with E-state index in [1.807, 2.05) is 28.7 Å². The van der Waals surface area contributed by atoms with Crippen molar-refractivity contribution in [3.05, 3.63) is 24.8 Å². The largest absolute Gasteiger partial charge is 0.506 e. The summed E-state index contributed by atoms with van der Waals surface area (Å²) in [5.41, 5.74) is 0.338. The first kappa shape index (κ1) is 17.3. The van der Waals surface area contributed by atoms with Crippen LogP contribution >= 0.6 is 45.2 Å². The van der Waals surface area contributed by atoms with E-state index in [4.69, 9.17) is 0 Å². The predicted octanol–water partition coefficient (Wildman–Crippen LogP) is 3.37. The number of nitrogens with zero attached hydrogens (tertiary/aromatic N) is 1. The molecule has 0 spiro atoms. The first-order chi connectivity index (χ1) is 10.0. The van der Waals surface area contributed by atoms with Gasteiger partial charge in [0.1, 0.15) is 5.75 Å². The van der Waals surface area contributed by atoms with Gasteiger partial charge in [-0.2, -0.15) is 0 Å². The molecule has 1 aromatic rings. The number of rotatable bonds is 4. The van der Waals surface area contributed by atoms with Crippen LogP contribution in [0.25, 0.3) is 0 Å². The van der Waals surface area contributed by atoms with Crippen LogP contribution in [0.3, 0.4) is 0 Å². The van der Waals surface area contributed by atoms with E-state index in [9.17, 15) is 15.0 Å². The number of carbonyl (C=O) groups excluding carboxylic acids is 1. The number of benzene rings is 1. The summed E-state index contributed by atoms with van der Waals surface area (Å²) in [5, 5.41) is 19.5. The highest BCUT2D eigenvalue weighted by atomic mass is 127. The Labute approximate surface area is 152 Å². The van der Waals surface area contributed by atoms with Crippen molar-refractivity contribution < 1.29 is 15.0 Å². The van der Waals surface area contributed by atoms with Gasteiger partial charge in [-0.1, -0.05) is 19.3 Å². The molecule has 1 saturated carbocycles.